The third kappa shape index (κ3) is 4.90. The maximum Gasteiger partial charge on any atom is 0.270 e. The van der Waals surface area contributed by atoms with Crippen LogP contribution in [0.25, 0.3) is 17.0 Å². The van der Waals surface area contributed by atoms with Crippen molar-refractivity contribution >= 4 is 61.8 Å². The Balaban J connectivity index is 1.37. The number of anilines is 1. The molecule has 0 radical (unpaired) electrons. The molecule has 2 amide bonds. The Morgan fingerprint density at radius 1 is 0.756 bits per heavy atom. The highest BCUT2D eigenvalue weighted by Crippen LogP contribution is 2.30. The Hall–Kier alpha value is -5.06. The van der Waals surface area contributed by atoms with E-state index < -0.39 is 21.8 Å². The van der Waals surface area contributed by atoms with E-state index in [1.165, 1.54) is 29.3 Å². The number of nitrogens with zero attached hydrogens (tertiary/aromatic N) is 2. The van der Waals surface area contributed by atoms with E-state index in [0.717, 1.165) is 3.97 Å². The van der Waals surface area contributed by atoms with E-state index in [9.17, 15) is 18.0 Å². The molecule has 1 aliphatic rings. The monoisotopic (exact) mass is 579 g/mol. The van der Waals surface area contributed by atoms with E-state index >= 15 is 0 Å². The van der Waals surface area contributed by atoms with Crippen LogP contribution in [0.1, 0.15) is 5.56 Å². The number of ether oxygens (including phenoxy) is 1. The second-order valence-electron chi connectivity index (χ2n) is 9.08. The first-order valence-corrected chi connectivity index (χ1v) is 14.3. The average molecular weight is 580 g/mol. The quantitative estimate of drug-likeness (QED) is 0.162. The maximum atomic E-state index is 13.6. The van der Waals surface area contributed by atoms with Crippen molar-refractivity contribution in [1.29, 1.82) is 0 Å². The fourth-order valence-corrected chi connectivity index (χ4v) is 6.21. The molecule has 8 nitrogen and oxygen atoms in total. The van der Waals surface area contributed by atoms with Gasteiger partial charge in [-0.05, 0) is 72.9 Å². The number of aromatic nitrogens is 1. The van der Waals surface area contributed by atoms with Gasteiger partial charge in [0, 0.05) is 17.1 Å². The highest BCUT2D eigenvalue weighted by Gasteiger charge is 2.35. The number of fused-ring (bicyclic) bond motifs is 1. The number of rotatable bonds is 6. The van der Waals surface area contributed by atoms with E-state index in [2.05, 4.69) is 5.32 Å². The Morgan fingerprint density at radius 3 is 2.07 bits per heavy atom. The van der Waals surface area contributed by atoms with Gasteiger partial charge in [0.2, 0.25) is 0 Å². The zero-order valence-corrected chi connectivity index (χ0v) is 22.9. The number of para-hydroxylation sites is 2. The van der Waals surface area contributed by atoms with Gasteiger partial charge >= 0.3 is 0 Å². The molecule has 1 aliphatic heterocycles. The standard InChI is InChI=1S/C31H21N3O5S2/c35-29-27(19-21-20-33(28-14-8-7-13-26(21)28)41(37,38)25-11-5-2-6-12-25)30(36)34(31(40)32-29)22-15-17-24(18-16-22)39-23-9-3-1-4-10-23/h1-20H,(H,32,35,40). The van der Waals surface area contributed by atoms with Crippen LogP contribution < -0.4 is 15.0 Å². The minimum Gasteiger partial charge on any atom is -0.457 e. The van der Waals surface area contributed by atoms with E-state index in [1.54, 1.807) is 66.7 Å². The summed E-state index contributed by atoms with van der Waals surface area (Å²) in [5.74, 6) is -0.0976. The van der Waals surface area contributed by atoms with E-state index in [0.29, 0.717) is 33.7 Å². The van der Waals surface area contributed by atoms with Crippen molar-refractivity contribution in [1.82, 2.24) is 9.29 Å². The SMILES string of the molecule is O=C1NC(=S)N(c2ccc(Oc3ccccc3)cc2)C(=O)C1=Cc1cn(S(=O)(=O)c2ccccc2)c2ccccc12. The first kappa shape index (κ1) is 26.2. The van der Waals surface area contributed by atoms with Crippen LogP contribution in [-0.2, 0) is 19.6 Å². The van der Waals surface area contributed by atoms with Gasteiger partial charge in [-0.1, -0.05) is 54.6 Å². The molecule has 0 atom stereocenters. The predicted octanol–water partition coefficient (Wildman–Crippen LogP) is 5.50. The van der Waals surface area contributed by atoms with Crippen molar-refractivity contribution in [3.63, 3.8) is 0 Å². The minimum atomic E-state index is -3.94. The fourth-order valence-electron chi connectivity index (χ4n) is 4.53. The third-order valence-corrected chi connectivity index (χ3v) is 8.46. The van der Waals surface area contributed by atoms with Crippen molar-refractivity contribution in [3.05, 3.63) is 127 Å². The number of benzene rings is 4. The summed E-state index contributed by atoms with van der Waals surface area (Å²) in [5, 5.41) is 3.06. The van der Waals surface area contributed by atoms with E-state index in [-0.39, 0.29) is 15.6 Å². The molecule has 1 aromatic heterocycles. The van der Waals surface area contributed by atoms with Gasteiger partial charge in [-0.25, -0.2) is 12.4 Å². The number of carbonyl (C=O) groups is 2. The summed E-state index contributed by atoms with van der Waals surface area (Å²) in [5.41, 5.74) is 1.04. The average Bonchev–Trinajstić information content (AvgIpc) is 3.36. The lowest BCUT2D eigenvalue weighted by Gasteiger charge is -2.29. The van der Waals surface area contributed by atoms with Crippen LogP contribution in [0.3, 0.4) is 0 Å². The molecule has 0 bridgehead atoms. The van der Waals surface area contributed by atoms with Crippen LogP contribution in [0, 0.1) is 0 Å². The first-order valence-electron chi connectivity index (χ1n) is 12.5. The number of amides is 2. The zero-order valence-electron chi connectivity index (χ0n) is 21.3. The largest absolute Gasteiger partial charge is 0.457 e. The summed E-state index contributed by atoms with van der Waals surface area (Å²) in [6.07, 6.45) is 2.80. The van der Waals surface area contributed by atoms with E-state index in [1.807, 2.05) is 30.3 Å². The van der Waals surface area contributed by atoms with Gasteiger partial charge in [-0.3, -0.25) is 19.8 Å². The number of hydrogen-bond acceptors (Lipinski definition) is 6. The second kappa shape index (κ2) is 10.5. The van der Waals surface area contributed by atoms with Crippen LogP contribution >= 0.6 is 12.2 Å². The molecule has 0 spiro atoms. The molecule has 6 rings (SSSR count). The van der Waals surface area contributed by atoms with Crippen LogP contribution in [0.5, 0.6) is 11.5 Å². The number of thiocarbonyl (C=S) groups is 1. The third-order valence-electron chi connectivity index (χ3n) is 6.48. The summed E-state index contributed by atoms with van der Waals surface area (Å²) in [6, 6.07) is 30.9. The van der Waals surface area contributed by atoms with Gasteiger partial charge in [0.05, 0.1) is 16.1 Å². The zero-order chi connectivity index (χ0) is 28.6. The van der Waals surface area contributed by atoms with Gasteiger partial charge in [-0.2, -0.15) is 0 Å². The summed E-state index contributed by atoms with van der Waals surface area (Å²) in [4.78, 5) is 27.9. The molecule has 1 fully saturated rings. The summed E-state index contributed by atoms with van der Waals surface area (Å²) in [7, 11) is -3.94. The minimum absolute atomic E-state index is 0.0667. The van der Waals surface area contributed by atoms with Gasteiger partial charge in [0.1, 0.15) is 17.1 Å². The Morgan fingerprint density at radius 2 is 1.37 bits per heavy atom. The molecule has 2 heterocycles. The van der Waals surface area contributed by atoms with Crippen molar-refractivity contribution < 1.29 is 22.7 Å². The highest BCUT2D eigenvalue weighted by atomic mass is 32.2. The second-order valence-corrected chi connectivity index (χ2v) is 11.3. The predicted molar refractivity (Wildman–Crippen MR) is 160 cm³/mol. The molecule has 0 unspecified atom stereocenters. The molecule has 10 heteroatoms. The molecule has 0 aliphatic carbocycles. The van der Waals surface area contributed by atoms with Crippen LogP contribution in [-0.4, -0.2) is 29.3 Å². The Labute approximate surface area is 241 Å². The number of hydrogen-bond donors (Lipinski definition) is 1. The van der Waals surface area contributed by atoms with Crippen molar-refractivity contribution in [3.8, 4) is 11.5 Å². The highest BCUT2D eigenvalue weighted by molar-refractivity contribution is 7.90. The molecule has 4 aromatic carbocycles. The summed E-state index contributed by atoms with van der Waals surface area (Å²) >= 11 is 5.33. The normalized spacial score (nSPS) is 14.9. The molecular weight excluding hydrogens is 558 g/mol. The number of carbonyl (C=O) groups excluding carboxylic acids is 2. The summed E-state index contributed by atoms with van der Waals surface area (Å²) < 4.78 is 33.9. The van der Waals surface area contributed by atoms with Crippen molar-refractivity contribution in [2.75, 3.05) is 4.90 Å². The van der Waals surface area contributed by atoms with E-state index in [4.69, 9.17) is 17.0 Å². The van der Waals surface area contributed by atoms with Crippen molar-refractivity contribution in [2.24, 2.45) is 0 Å². The number of nitrogens with one attached hydrogen (secondary N) is 1. The molecule has 202 valence electrons. The molecule has 5 aromatic rings. The molecule has 1 N–H and O–H groups in total. The lowest BCUT2D eigenvalue weighted by molar-refractivity contribution is -0.122. The molecule has 1 saturated heterocycles. The van der Waals surface area contributed by atoms with Gasteiger partial charge in [0.15, 0.2) is 5.11 Å². The van der Waals surface area contributed by atoms with Crippen LogP contribution in [0.15, 0.2) is 126 Å². The van der Waals surface area contributed by atoms with Gasteiger partial charge in [0.25, 0.3) is 21.8 Å². The summed E-state index contributed by atoms with van der Waals surface area (Å²) in [6.45, 7) is 0. The molecule has 41 heavy (non-hydrogen) atoms. The van der Waals surface area contributed by atoms with Crippen LogP contribution in [0.4, 0.5) is 5.69 Å². The van der Waals surface area contributed by atoms with Gasteiger partial charge < -0.3 is 4.74 Å². The van der Waals surface area contributed by atoms with Gasteiger partial charge in [-0.15, -0.1) is 0 Å². The topological polar surface area (TPSA) is 97.7 Å². The fraction of sp³-hybridized carbons (Fsp3) is 0. The maximum absolute atomic E-state index is 13.6. The van der Waals surface area contributed by atoms with Crippen LogP contribution in [0.2, 0.25) is 0 Å². The molecular formula is C31H21N3O5S2. The lowest BCUT2D eigenvalue weighted by atomic mass is 10.1. The molecule has 0 saturated carbocycles. The smallest absolute Gasteiger partial charge is 0.270 e. The van der Waals surface area contributed by atoms with Crippen molar-refractivity contribution in [2.45, 2.75) is 4.90 Å². The Bertz CT molecular complexity index is 1950. The first-order chi connectivity index (χ1) is 19.8. The Kier molecular flexibility index (Phi) is 6.70. The lowest BCUT2D eigenvalue weighted by Crippen LogP contribution is -2.54.